The molecular formula is C21H26N2O3. The normalized spacial score (nSPS) is 10.3. The summed E-state index contributed by atoms with van der Waals surface area (Å²) < 4.78 is 5.28. The van der Waals surface area contributed by atoms with Gasteiger partial charge in [-0.15, -0.1) is 0 Å². The molecule has 0 aromatic heterocycles. The lowest BCUT2D eigenvalue weighted by atomic mass is 10.1. The maximum atomic E-state index is 12.2. The van der Waals surface area contributed by atoms with Gasteiger partial charge in [-0.3, -0.25) is 9.59 Å². The van der Waals surface area contributed by atoms with Crippen molar-refractivity contribution in [2.45, 2.75) is 34.1 Å². The van der Waals surface area contributed by atoms with E-state index in [1.165, 1.54) is 0 Å². The summed E-state index contributed by atoms with van der Waals surface area (Å²) in [5.41, 5.74) is 5.82. The molecule has 2 aromatic rings. The first kappa shape index (κ1) is 19.5. The van der Waals surface area contributed by atoms with Crippen LogP contribution in [0.3, 0.4) is 0 Å². The van der Waals surface area contributed by atoms with Crippen molar-refractivity contribution in [1.82, 2.24) is 5.32 Å². The van der Waals surface area contributed by atoms with Crippen LogP contribution in [0.1, 0.15) is 27.8 Å². The van der Waals surface area contributed by atoms with Crippen LogP contribution in [0.25, 0.3) is 0 Å². The molecule has 2 N–H and O–H groups in total. The monoisotopic (exact) mass is 354 g/mol. The number of anilines is 1. The Morgan fingerprint density at radius 2 is 1.58 bits per heavy atom. The minimum Gasteiger partial charge on any atom is -0.496 e. The third kappa shape index (κ3) is 5.09. The first-order valence-corrected chi connectivity index (χ1v) is 8.58. The number of ether oxygens (including phenoxy) is 1. The molecule has 2 aromatic carbocycles. The van der Waals surface area contributed by atoms with Gasteiger partial charge in [0.05, 0.1) is 20.1 Å². The van der Waals surface area contributed by atoms with E-state index >= 15 is 0 Å². The highest BCUT2D eigenvalue weighted by Gasteiger charge is 2.12. The van der Waals surface area contributed by atoms with Crippen LogP contribution < -0.4 is 15.4 Å². The van der Waals surface area contributed by atoms with Gasteiger partial charge in [0.1, 0.15) is 5.75 Å². The van der Waals surface area contributed by atoms with Gasteiger partial charge in [0.25, 0.3) is 0 Å². The van der Waals surface area contributed by atoms with E-state index in [1.807, 2.05) is 58.0 Å². The number of nitrogens with one attached hydrogen (secondary N) is 2. The van der Waals surface area contributed by atoms with E-state index in [9.17, 15) is 9.59 Å². The van der Waals surface area contributed by atoms with E-state index in [0.717, 1.165) is 33.5 Å². The van der Waals surface area contributed by atoms with Gasteiger partial charge in [-0.05, 0) is 44.9 Å². The Balaban J connectivity index is 1.94. The molecule has 2 amide bonds. The van der Waals surface area contributed by atoms with E-state index in [4.69, 9.17) is 4.74 Å². The fraction of sp³-hybridized carbons (Fsp3) is 0.333. The molecule has 0 radical (unpaired) electrons. The van der Waals surface area contributed by atoms with E-state index < -0.39 is 0 Å². The van der Waals surface area contributed by atoms with E-state index in [-0.39, 0.29) is 24.8 Å². The lowest BCUT2D eigenvalue weighted by molar-refractivity contribution is -0.123. The SMILES string of the molecule is COc1ccc(C)cc1CC(=O)NCC(=O)Nc1c(C)cc(C)cc1C. The van der Waals surface area contributed by atoms with Gasteiger partial charge in [-0.2, -0.15) is 0 Å². The Morgan fingerprint density at radius 1 is 0.923 bits per heavy atom. The van der Waals surface area contributed by atoms with Crippen LogP contribution in [0.15, 0.2) is 30.3 Å². The van der Waals surface area contributed by atoms with Crippen molar-refractivity contribution in [1.29, 1.82) is 0 Å². The Labute approximate surface area is 154 Å². The molecule has 0 aliphatic rings. The van der Waals surface area contributed by atoms with Crippen LogP contribution in [-0.2, 0) is 16.0 Å². The van der Waals surface area contributed by atoms with Crippen molar-refractivity contribution in [2.24, 2.45) is 0 Å². The minimum atomic E-state index is -0.246. The van der Waals surface area contributed by atoms with Gasteiger partial charge in [0, 0.05) is 11.3 Å². The van der Waals surface area contributed by atoms with Gasteiger partial charge in [-0.1, -0.05) is 35.4 Å². The zero-order chi connectivity index (χ0) is 19.3. The zero-order valence-corrected chi connectivity index (χ0v) is 16.0. The Morgan fingerprint density at radius 3 is 2.19 bits per heavy atom. The molecule has 26 heavy (non-hydrogen) atoms. The summed E-state index contributed by atoms with van der Waals surface area (Å²) in [6, 6.07) is 9.72. The van der Waals surface area contributed by atoms with E-state index in [1.54, 1.807) is 7.11 Å². The second-order valence-corrected chi connectivity index (χ2v) is 6.59. The van der Waals surface area contributed by atoms with Crippen LogP contribution in [0.2, 0.25) is 0 Å². The third-order valence-corrected chi connectivity index (χ3v) is 4.17. The number of aryl methyl sites for hydroxylation is 4. The molecule has 0 heterocycles. The molecule has 0 bridgehead atoms. The number of benzene rings is 2. The van der Waals surface area contributed by atoms with Gasteiger partial charge in [-0.25, -0.2) is 0 Å². The van der Waals surface area contributed by atoms with Crippen molar-refractivity contribution >= 4 is 17.5 Å². The molecule has 0 fully saturated rings. The molecule has 0 aliphatic carbocycles. The Hall–Kier alpha value is -2.82. The van der Waals surface area contributed by atoms with E-state index in [0.29, 0.717) is 5.75 Å². The minimum absolute atomic E-state index is 0.0697. The van der Waals surface area contributed by atoms with Crippen molar-refractivity contribution in [3.63, 3.8) is 0 Å². The summed E-state index contributed by atoms with van der Waals surface area (Å²) in [6.45, 7) is 7.82. The van der Waals surface area contributed by atoms with Crippen LogP contribution in [0.4, 0.5) is 5.69 Å². The standard InChI is InChI=1S/C21H26N2O3/c1-13-6-7-18(26-5)17(10-13)11-19(24)22-12-20(25)23-21-15(3)8-14(2)9-16(21)4/h6-10H,11-12H2,1-5H3,(H,22,24)(H,23,25). The first-order chi connectivity index (χ1) is 12.3. The van der Waals surface area contributed by atoms with Crippen molar-refractivity contribution < 1.29 is 14.3 Å². The quantitative estimate of drug-likeness (QED) is 0.837. The number of hydrogen-bond donors (Lipinski definition) is 2. The second-order valence-electron chi connectivity index (χ2n) is 6.59. The summed E-state index contributed by atoms with van der Waals surface area (Å²) in [4.78, 5) is 24.4. The van der Waals surface area contributed by atoms with Crippen molar-refractivity contribution in [3.05, 3.63) is 58.1 Å². The molecular weight excluding hydrogens is 328 g/mol. The number of carbonyl (C=O) groups excluding carboxylic acids is 2. The lowest BCUT2D eigenvalue weighted by Gasteiger charge is -2.13. The number of hydrogen-bond acceptors (Lipinski definition) is 3. The molecule has 0 saturated carbocycles. The van der Waals surface area contributed by atoms with Gasteiger partial charge in [0.15, 0.2) is 0 Å². The number of amides is 2. The number of carbonyl (C=O) groups is 2. The van der Waals surface area contributed by atoms with Crippen LogP contribution in [0.5, 0.6) is 5.75 Å². The Kier molecular flexibility index (Phi) is 6.39. The number of methoxy groups -OCH3 is 1. The lowest BCUT2D eigenvalue weighted by Crippen LogP contribution is -2.34. The molecule has 5 nitrogen and oxygen atoms in total. The summed E-state index contributed by atoms with van der Waals surface area (Å²) in [5, 5.41) is 5.54. The highest BCUT2D eigenvalue weighted by molar-refractivity contribution is 5.96. The number of rotatable bonds is 6. The maximum absolute atomic E-state index is 12.2. The topological polar surface area (TPSA) is 67.4 Å². The average Bonchev–Trinajstić information content (AvgIpc) is 2.56. The van der Waals surface area contributed by atoms with Gasteiger partial charge < -0.3 is 15.4 Å². The maximum Gasteiger partial charge on any atom is 0.243 e. The summed E-state index contributed by atoms with van der Waals surface area (Å²) in [5.74, 6) is 0.201. The Bertz CT molecular complexity index is 805. The molecule has 0 aliphatic heterocycles. The predicted molar refractivity (Wildman–Crippen MR) is 104 cm³/mol. The average molecular weight is 354 g/mol. The molecule has 0 saturated heterocycles. The first-order valence-electron chi connectivity index (χ1n) is 8.58. The molecule has 0 atom stereocenters. The third-order valence-electron chi connectivity index (χ3n) is 4.17. The fourth-order valence-corrected chi connectivity index (χ4v) is 3.02. The molecule has 2 rings (SSSR count). The van der Waals surface area contributed by atoms with Crippen LogP contribution >= 0.6 is 0 Å². The molecule has 0 spiro atoms. The van der Waals surface area contributed by atoms with Crippen molar-refractivity contribution in [3.8, 4) is 5.75 Å². The van der Waals surface area contributed by atoms with Crippen LogP contribution in [0, 0.1) is 27.7 Å². The summed E-state index contributed by atoms with van der Waals surface area (Å²) in [7, 11) is 1.58. The molecule has 0 unspecified atom stereocenters. The summed E-state index contributed by atoms with van der Waals surface area (Å²) >= 11 is 0. The molecule has 138 valence electrons. The van der Waals surface area contributed by atoms with Crippen LogP contribution in [-0.4, -0.2) is 25.5 Å². The van der Waals surface area contributed by atoms with Crippen molar-refractivity contribution in [2.75, 3.05) is 19.0 Å². The highest BCUT2D eigenvalue weighted by Crippen LogP contribution is 2.22. The van der Waals surface area contributed by atoms with Gasteiger partial charge >= 0.3 is 0 Å². The zero-order valence-electron chi connectivity index (χ0n) is 16.0. The summed E-state index contributed by atoms with van der Waals surface area (Å²) in [6.07, 6.45) is 0.167. The van der Waals surface area contributed by atoms with Gasteiger partial charge in [0.2, 0.25) is 11.8 Å². The second kappa shape index (κ2) is 8.52. The smallest absolute Gasteiger partial charge is 0.243 e. The fourth-order valence-electron chi connectivity index (χ4n) is 3.02. The van der Waals surface area contributed by atoms with E-state index in [2.05, 4.69) is 10.6 Å². The predicted octanol–water partition coefficient (Wildman–Crippen LogP) is 3.23. The largest absolute Gasteiger partial charge is 0.496 e. The molecule has 5 heteroatoms. The highest BCUT2D eigenvalue weighted by atomic mass is 16.5.